The molecule has 0 spiro atoms. The lowest BCUT2D eigenvalue weighted by molar-refractivity contribution is -0.384. The minimum absolute atomic E-state index is 0.0290. The van der Waals surface area contributed by atoms with Crippen molar-refractivity contribution in [2.45, 2.75) is 13.8 Å². The standard InChI is InChI=1S/C12H14NO4PS3/c1-12(2)7-16-18(20,17-8-12)21-11(19)9-3-5-10(6-4-9)13(14)15/h3-6H,7-8H2,1-2H3. The van der Waals surface area contributed by atoms with Gasteiger partial charge in [0.05, 0.1) is 22.3 Å². The molecule has 0 aliphatic carbocycles. The van der Waals surface area contributed by atoms with Gasteiger partial charge in [-0.25, -0.2) is 0 Å². The first-order valence-electron chi connectivity index (χ1n) is 6.08. The Balaban J connectivity index is 2.04. The second kappa shape index (κ2) is 6.40. The van der Waals surface area contributed by atoms with Crippen molar-refractivity contribution in [2.75, 3.05) is 13.2 Å². The Kier molecular flexibility index (Phi) is 5.18. The van der Waals surface area contributed by atoms with Crippen LogP contribution in [0.5, 0.6) is 0 Å². The molecule has 114 valence electrons. The fourth-order valence-electron chi connectivity index (χ4n) is 1.51. The maximum absolute atomic E-state index is 10.6. The van der Waals surface area contributed by atoms with Gasteiger partial charge >= 0.3 is 0 Å². The Hall–Kier alpha value is -0.370. The van der Waals surface area contributed by atoms with Crippen molar-refractivity contribution in [3.8, 4) is 0 Å². The molecule has 1 saturated heterocycles. The number of non-ortho nitro benzene ring substituents is 1. The molecule has 5 nitrogen and oxygen atoms in total. The summed E-state index contributed by atoms with van der Waals surface area (Å²) < 4.78 is 11.9. The first kappa shape index (κ1) is 17.0. The molecule has 0 amide bonds. The summed E-state index contributed by atoms with van der Waals surface area (Å²) in [6, 6.07) is 6.07. The molecule has 1 aromatic rings. The van der Waals surface area contributed by atoms with Crippen LogP contribution in [0.15, 0.2) is 24.3 Å². The van der Waals surface area contributed by atoms with E-state index in [0.29, 0.717) is 23.0 Å². The molecular weight excluding hydrogens is 349 g/mol. The van der Waals surface area contributed by atoms with Gasteiger partial charge in [0.2, 0.25) is 0 Å². The molecule has 0 radical (unpaired) electrons. The summed E-state index contributed by atoms with van der Waals surface area (Å²) in [5, 5.41) is 10.6. The van der Waals surface area contributed by atoms with Crippen molar-refractivity contribution in [1.29, 1.82) is 0 Å². The molecule has 0 atom stereocenters. The van der Waals surface area contributed by atoms with E-state index < -0.39 is 10.6 Å². The van der Waals surface area contributed by atoms with E-state index in [2.05, 4.69) is 0 Å². The summed E-state index contributed by atoms with van der Waals surface area (Å²) in [6.07, 6.45) is 0. The minimum atomic E-state index is -2.47. The number of hydrogen-bond acceptors (Lipinski definition) is 7. The van der Waals surface area contributed by atoms with Gasteiger partial charge < -0.3 is 9.05 Å². The quantitative estimate of drug-likeness (QED) is 0.343. The molecule has 2 rings (SSSR count). The highest BCUT2D eigenvalue weighted by Crippen LogP contribution is 2.65. The van der Waals surface area contributed by atoms with Gasteiger partial charge in [0.15, 0.2) is 0 Å². The highest BCUT2D eigenvalue weighted by molar-refractivity contribution is 8.75. The second-order valence-corrected chi connectivity index (χ2v) is 12.1. The second-order valence-electron chi connectivity index (χ2n) is 5.34. The van der Waals surface area contributed by atoms with Gasteiger partial charge in [-0.2, -0.15) is 0 Å². The van der Waals surface area contributed by atoms with Gasteiger partial charge in [0, 0.05) is 17.5 Å². The predicted octanol–water partition coefficient (Wildman–Crippen LogP) is 4.30. The zero-order chi connectivity index (χ0) is 15.7. The molecule has 0 aromatic heterocycles. The predicted molar refractivity (Wildman–Crippen MR) is 92.4 cm³/mol. The highest BCUT2D eigenvalue weighted by Gasteiger charge is 2.34. The van der Waals surface area contributed by atoms with E-state index in [1.54, 1.807) is 12.1 Å². The maximum atomic E-state index is 10.6. The zero-order valence-electron chi connectivity index (χ0n) is 11.5. The topological polar surface area (TPSA) is 61.6 Å². The summed E-state index contributed by atoms with van der Waals surface area (Å²) in [6.45, 7) is 5.18. The van der Waals surface area contributed by atoms with Gasteiger partial charge in [0.25, 0.3) is 11.4 Å². The zero-order valence-corrected chi connectivity index (χ0v) is 14.8. The van der Waals surface area contributed by atoms with Gasteiger partial charge in [-0.3, -0.25) is 10.1 Å². The number of nitro groups is 1. The number of hydrogen-bond donors (Lipinski definition) is 0. The fourth-order valence-corrected chi connectivity index (χ4v) is 7.14. The molecule has 0 N–H and O–H groups in total. The van der Waals surface area contributed by atoms with Crippen LogP contribution in [-0.2, 0) is 20.9 Å². The summed E-state index contributed by atoms with van der Waals surface area (Å²) in [7, 11) is 0. The van der Waals surface area contributed by atoms with E-state index in [9.17, 15) is 10.1 Å². The van der Waals surface area contributed by atoms with E-state index in [4.69, 9.17) is 33.1 Å². The fraction of sp³-hybridized carbons (Fsp3) is 0.417. The molecule has 0 unspecified atom stereocenters. The van der Waals surface area contributed by atoms with Crippen LogP contribution in [0.3, 0.4) is 0 Å². The van der Waals surface area contributed by atoms with Crippen LogP contribution in [0.4, 0.5) is 5.69 Å². The van der Waals surface area contributed by atoms with E-state index >= 15 is 0 Å². The first-order chi connectivity index (χ1) is 9.71. The molecule has 1 aliphatic rings. The van der Waals surface area contributed by atoms with Crippen molar-refractivity contribution < 1.29 is 14.0 Å². The van der Waals surface area contributed by atoms with Gasteiger partial charge in [-0.1, -0.05) is 26.1 Å². The van der Waals surface area contributed by atoms with Crippen molar-refractivity contribution in [1.82, 2.24) is 0 Å². The molecule has 1 aromatic carbocycles. The van der Waals surface area contributed by atoms with E-state index in [1.165, 1.54) is 23.5 Å². The SMILES string of the molecule is CC1(C)COP(=S)(SC(=S)c2ccc([N+](=O)[O-])cc2)OC1. The lowest BCUT2D eigenvalue weighted by atomic mass is 9.97. The van der Waals surface area contributed by atoms with Gasteiger partial charge in [-0.05, 0) is 40.9 Å². The van der Waals surface area contributed by atoms with E-state index in [1.807, 2.05) is 13.8 Å². The van der Waals surface area contributed by atoms with Crippen LogP contribution in [-0.4, -0.2) is 22.3 Å². The minimum Gasteiger partial charge on any atom is -0.321 e. The van der Waals surface area contributed by atoms with Crippen LogP contribution in [0, 0.1) is 15.5 Å². The molecular formula is C12H14NO4PS3. The van der Waals surface area contributed by atoms with Crippen LogP contribution in [0.1, 0.15) is 19.4 Å². The maximum Gasteiger partial charge on any atom is 0.269 e. The molecule has 1 heterocycles. The average Bonchev–Trinajstić information content (AvgIpc) is 2.43. The molecule has 9 heteroatoms. The molecule has 21 heavy (non-hydrogen) atoms. The number of rotatable bonds is 3. The lowest BCUT2D eigenvalue weighted by Crippen LogP contribution is -2.28. The molecule has 1 aliphatic heterocycles. The largest absolute Gasteiger partial charge is 0.321 e. The Morgan fingerprint density at radius 2 is 1.86 bits per heavy atom. The Morgan fingerprint density at radius 3 is 2.33 bits per heavy atom. The normalized spacial score (nSPS) is 19.9. The molecule has 1 fully saturated rings. The first-order valence-corrected chi connectivity index (χ1v) is 10.6. The van der Waals surface area contributed by atoms with E-state index in [-0.39, 0.29) is 11.1 Å². The van der Waals surface area contributed by atoms with Crippen molar-refractivity contribution in [2.24, 2.45) is 5.41 Å². The number of nitro benzene ring substituents is 1. The Morgan fingerprint density at radius 1 is 1.33 bits per heavy atom. The van der Waals surface area contributed by atoms with Crippen LogP contribution < -0.4 is 0 Å². The van der Waals surface area contributed by atoms with Crippen molar-refractivity contribution in [3.05, 3.63) is 39.9 Å². The Labute approximate surface area is 137 Å². The third-order valence-electron chi connectivity index (χ3n) is 2.74. The summed E-state index contributed by atoms with van der Waals surface area (Å²) in [5.74, 6) is 0. The van der Waals surface area contributed by atoms with Crippen LogP contribution in [0.2, 0.25) is 0 Å². The summed E-state index contributed by atoms with van der Waals surface area (Å²) >= 11 is 12.0. The number of nitrogens with zero attached hydrogens (tertiary/aromatic N) is 1. The highest BCUT2D eigenvalue weighted by atomic mass is 32.9. The van der Waals surface area contributed by atoms with Gasteiger partial charge in [-0.15, -0.1) is 0 Å². The van der Waals surface area contributed by atoms with Crippen molar-refractivity contribution >= 4 is 51.0 Å². The average molecular weight is 363 g/mol. The van der Waals surface area contributed by atoms with Gasteiger partial charge in [0.1, 0.15) is 0 Å². The summed E-state index contributed by atoms with van der Waals surface area (Å²) in [4.78, 5) is 10.2. The van der Waals surface area contributed by atoms with Crippen LogP contribution >= 0.6 is 29.3 Å². The third-order valence-corrected chi connectivity index (χ3v) is 8.26. The number of thiocarbonyl (C=S) groups is 1. The van der Waals surface area contributed by atoms with Crippen molar-refractivity contribution in [3.63, 3.8) is 0 Å². The Bertz CT molecular complexity index is 603. The molecule has 0 bridgehead atoms. The van der Waals surface area contributed by atoms with Crippen LogP contribution in [0.25, 0.3) is 0 Å². The number of benzene rings is 1. The monoisotopic (exact) mass is 363 g/mol. The summed E-state index contributed by atoms with van der Waals surface area (Å²) in [5.41, 5.74) is -1.78. The molecule has 0 saturated carbocycles. The van der Waals surface area contributed by atoms with E-state index in [0.717, 1.165) is 0 Å². The smallest absolute Gasteiger partial charge is 0.269 e. The third kappa shape index (κ3) is 4.55. The lowest BCUT2D eigenvalue weighted by Gasteiger charge is -2.35.